The van der Waals surface area contributed by atoms with Crippen LogP contribution in [0, 0.1) is 12.3 Å². The molecule has 0 aromatic carbocycles. The Morgan fingerprint density at radius 3 is 2.33 bits per heavy atom. The third-order valence-corrected chi connectivity index (χ3v) is 1.57. The molecule has 0 fully saturated rings. The van der Waals surface area contributed by atoms with Crippen molar-refractivity contribution in [1.82, 2.24) is 0 Å². The van der Waals surface area contributed by atoms with E-state index in [1.54, 1.807) is 17.8 Å². The largest absolute Gasteiger partial charge is 0.127 e. The first-order valence-corrected chi connectivity index (χ1v) is 3.73. The molecular formula is C8H12S. The minimum absolute atomic E-state index is 0.285. The molecule has 0 N–H and O–H groups in total. The van der Waals surface area contributed by atoms with Crippen molar-refractivity contribution in [3.05, 3.63) is 11.5 Å². The highest BCUT2D eigenvalue weighted by atomic mass is 32.2. The number of hydrogen-bond donors (Lipinski definition) is 0. The van der Waals surface area contributed by atoms with Gasteiger partial charge in [0.2, 0.25) is 0 Å². The lowest BCUT2D eigenvalue weighted by Gasteiger charge is -2.13. The van der Waals surface area contributed by atoms with Crippen molar-refractivity contribution < 1.29 is 0 Å². The molecular weight excluding hydrogens is 128 g/mol. The van der Waals surface area contributed by atoms with Crippen LogP contribution in [0.5, 0.6) is 0 Å². The molecule has 0 atom stereocenters. The van der Waals surface area contributed by atoms with Gasteiger partial charge < -0.3 is 0 Å². The van der Waals surface area contributed by atoms with Gasteiger partial charge in [-0.3, -0.25) is 0 Å². The molecule has 0 aliphatic rings. The summed E-state index contributed by atoms with van der Waals surface area (Å²) in [6.07, 6.45) is 6.73. The molecule has 0 radical (unpaired) electrons. The van der Waals surface area contributed by atoms with Crippen LogP contribution in [0.2, 0.25) is 0 Å². The molecule has 0 aliphatic carbocycles. The molecule has 0 saturated heterocycles. The Morgan fingerprint density at radius 2 is 2.00 bits per heavy atom. The van der Waals surface area contributed by atoms with Gasteiger partial charge in [0.1, 0.15) is 0 Å². The van der Waals surface area contributed by atoms with E-state index < -0.39 is 0 Å². The Morgan fingerprint density at radius 1 is 1.44 bits per heavy atom. The highest BCUT2D eigenvalue weighted by Crippen LogP contribution is 2.23. The quantitative estimate of drug-likeness (QED) is 0.505. The summed E-state index contributed by atoms with van der Waals surface area (Å²) >= 11 is 1.74. The average molecular weight is 140 g/mol. The monoisotopic (exact) mass is 140 g/mol. The van der Waals surface area contributed by atoms with Gasteiger partial charge in [-0.2, -0.15) is 0 Å². The van der Waals surface area contributed by atoms with Crippen molar-refractivity contribution in [2.75, 3.05) is 0 Å². The zero-order valence-electron chi connectivity index (χ0n) is 6.14. The topological polar surface area (TPSA) is 0 Å². The summed E-state index contributed by atoms with van der Waals surface area (Å²) < 4.78 is 0.285. The predicted octanol–water partition coefficient (Wildman–Crippen LogP) is 2.67. The first-order chi connectivity index (χ1) is 4.06. The Bertz CT molecular complexity index is 132. The van der Waals surface area contributed by atoms with Gasteiger partial charge in [-0.1, -0.05) is 26.7 Å². The summed E-state index contributed by atoms with van der Waals surface area (Å²) in [5, 5.41) is 1.94. The van der Waals surface area contributed by atoms with Crippen molar-refractivity contribution in [3.8, 4) is 12.3 Å². The molecule has 0 saturated carbocycles. The maximum Gasteiger partial charge on any atom is 0.0117 e. The molecule has 0 aromatic heterocycles. The Kier molecular flexibility index (Phi) is 3.49. The van der Waals surface area contributed by atoms with E-state index in [9.17, 15) is 0 Å². The zero-order valence-corrected chi connectivity index (χ0v) is 6.96. The van der Waals surface area contributed by atoms with Crippen LogP contribution in [-0.2, 0) is 0 Å². The first-order valence-electron chi connectivity index (χ1n) is 2.85. The van der Waals surface area contributed by atoms with Crippen LogP contribution in [0.25, 0.3) is 0 Å². The van der Waals surface area contributed by atoms with Gasteiger partial charge in [-0.05, 0) is 11.5 Å². The summed E-state index contributed by atoms with van der Waals surface area (Å²) in [4.78, 5) is 0. The highest BCUT2D eigenvalue weighted by Gasteiger charge is 2.06. The van der Waals surface area contributed by atoms with E-state index in [2.05, 4.69) is 26.7 Å². The van der Waals surface area contributed by atoms with Crippen molar-refractivity contribution in [2.24, 2.45) is 0 Å². The second kappa shape index (κ2) is 3.63. The summed E-state index contributed by atoms with van der Waals surface area (Å²) in [5.41, 5.74) is 0. The van der Waals surface area contributed by atoms with E-state index >= 15 is 0 Å². The van der Waals surface area contributed by atoms with Crippen LogP contribution in [0.3, 0.4) is 0 Å². The molecule has 0 aliphatic heterocycles. The van der Waals surface area contributed by atoms with Crippen LogP contribution in [0.15, 0.2) is 11.5 Å². The lowest BCUT2D eigenvalue weighted by molar-refractivity contribution is 0.808. The second-order valence-corrected chi connectivity index (χ2v) is 4.43. The minimum atomic E-state index is 0.285. The van der Waals surface area contributed by atoms with Gasteiger partial charge >= 0.3 is 0 Å². The maximum atomic E-state index is 5.01. The van der Waals surface area contributed by atoms with Gasteiger partial charge in [0.15, 0.2) is 0 Å². The van der Waals surface area contributed by atoms with E-state index in [1.165, 1.54) is 0 Å². The number of terminal acetylenes is 1. The summed E-state index contributed by atoms with van der Waals surface area (Å²) in [6.45, 7) is 6.45. The van der Waals surface area contributed by atoms with Gasteiger partial charge in [0, 0.05) is 4.75 Å². The third-order valence-electron chi connectivity index (χ3n) is 0.586. The predicted molar refractivity (Wildman–Crippen MR) is 45.3 cm³/mol. The van der Waals surface area contributed by atoms with Crippen molar-refractivity contribution in [3.63, 3.8) is 0 Å². The first kappa shape index (κ1) is 8.65. The lowest BCUT2D eigenvalue weighted by atomic mass is 10.3. The molecule has 0 spiro atoms. The van der Waals surface area contributed by atoms with Crippen LogP contribution in [0.1, 0.15) is 20.8 Å². The van der Waals surface area contributed by atoms with E-state index in [-0.39, 0.29) is 4.75 Å². The normalized spacial score (nSPS) is 11.8. The standard InChI is InChI=1S/C8H12S/c1-5-6-7-9-8(2,3)4/h1,6-7H,2-4H3. The van der Waals surface area contributed by atoms with Crippen LogP contribution >= 0.6 is 11.8 Å². The molecule has 1 heteroatoms. The van der Waals surface area contributed by atoms with Crippen molar-refractivity contribution >= 4 is 11.8 Å². The molecule has 0 heterocycles. The van der Waals surface area contributed by atoms with Gasteiger partial charge in [-0.15, -0.1) is 18.2 Å². The smallest absolute Gasteiger partial charge is 0.0117 e. The molecule has 0 aromatic rings. The molecule has 0 unspecified atom stereocenters. The highest BCUT2D eigenvalue weighted by molar-refractivity contribution is 8.03. The van der Waals surface area contributed by atoms with Gasteiger partial charge in [-0.25, -0.2) is 0 Å². The van der Waals surface area contributed by atoms with Crippen LogP contribution in [-0.4, -0.2) is 4.75 Å². The SMILES string of the molecule is C#CC=CSC(C)(C)C. The number of hydrogen-bond acceptors (Lipinski definition) is 1. The van der Waals surface area contributed by atoms with Crippen molar-refractivity contribution in [1.29, 1.82) is 0 Å². The molecule has 0 rings (SSSR count). The van der Waals surface area contributed by atoms with Gasteiger partial charge in [0.05, 0.1) is 0 Å². The summed E-state index contributed by atoms with van der Waals surface area (Å²) in [5.74, 6) is 2.44. The Balaban J connectivity index is 3.54. The third kappa shape index (κ3) is 7.65. The van der Waals surface area contributed by atoms with E-state index in [1.807, 2.05) is 5.41 Å². The summed E-state index contributed by atoms with van der Waals surface area (Å²) in [7, 11) is 0. The van der Waals surface area contributed by atoms with Crippen molar-refractivity contribution in [2.45, 2.75) is 25.5 Å². The fraction of sp³-hybridized carbons (Fsp3) is 0.500. The van der Waals surface area contributed by atoms with E-state index in [0.717, 1.165) is 0 Å². The number of thioether (sulfide) groups is 1. The molecule has 0 nitrogen and oxygen atoms in total. The maximum absolute atomic E-state index is 5.01. The summed E-state index contributed by atoms with van der Waals surface area (Å²) in [6, 6.07) is 0. The average Bonchev–Trinajstić information content (AvgIpc) is 1.63. The van der Waals surface area contributed by atoms with Gasteiger partial charge in [0.25, 0.3) is 0 Å². The number of rotatable bonds is 1. The molecule has 0 bridgehead atoms. The Labute approximate surface area is 61.7 Å². The fourth-order valence-electron chi connectivity index (χ4n) is 0.277. The molecule has 50 valence electrons. The molecule has 0 amide bonds. The fourth-order valence-corrected chi connectivity index (χ4v) is 0.832. The molecule has 9 heavy (non-hydrogen) atoms. The minimum Gasteiger partial charge on any atom is -0.127 e. The van der Waals surface area contributed by atoms with Crippen LogP contribution in [0.4, 0.5) is 0 Å². The number of allylic oxidation sites excluding steroid dienone is 1. The second-order valence-electron chi connectivity index (χ2n) is 2.70. The zero-order chi connectivity index (χ0) is 7.33. The Hall–Kier alpha value is -0.350. The van der Waals surface area contributed by atoms with E-state index in [4.69, 9.17) is 6.42 Å². The van der Waals surface area contributed by atoms with Crippen LogP contribution < -0.4 is 0 Å². The lowest BCUT2D eigenvalue weighted by Crippen LogP contribution is -2.04. The van der Waals surface area contributed by atoms with E-state index in [0.29, 0.717) is 0 Å².